The van der Waals surface area contributed by atoms with Crippen LogP contribution in [0.3, 0.4) is 0 Å². The molecule has 0 saturated carbocycles. The Morgan fingerprint density at radius 3 is 2.04 bits per heavy atom. The van der Waals surface area contributed by atoms with Crippen molar-refractivity contribution < 1.29 is 28.5 Å². The van der Waals surface area contributed by atoms with E-state index in [0.717, 1.165) is 0 Å². The van der Waals surface area contributed by atoms with Gasteiger partial charge < -0.3 is 29.6 Å². The van der Waals surface area contributed by atoms with E-state index in [4.69, 9.17) is 14.2 Å². The van der Waals surface area contributed by atoms with E-state index in [2.05, 4.69) is 15.4 Å². The molecule has 1 unspecified atom stereocenters. The minimum Gasteiger partial charge on any atom is -0.493 e. The van der Waals surface area contributed by atoms with Gasteiger partial charge in [-0.05, 0) is 6.42 Å². The molecular formula is C16H24N2O6. The van der Waals surface area contributed by atoms with Crippen molar-refractivity contribution in [3.8, 4) is 17.2 Å². The van der Waals surface area contributed by atoms with Gasteiger partial charge in [0.1, 0.15) is 0 Å². The second-order valence-corrected chi connectivity index (χ2v) is 4.90. The molecule has 2 N–H and O–H groups in total. The van der Waals surface area contributed by atoms with Gasteiger partial charge in [0.15, 0.2) is 11.5 Å². The molecule has 1 aromatic rings. The summed E-state index contributed by atoms with van der Waals surface area (Å²) in [6.07, 6.45) is 0.702. The number of nitrogens with one attached hydrogen (secondary N) is 2. The number of hydrogen-bond acceptors (Lipinski definition) is 6. The molecule has 2 amide bonds. The van der Waals surface area contributed by atoms with E-state index in [1.807, 2.05) is 6.92 Å². The zero-order chi connectivity index (χ0) is 18.1. The van der Waals surface area contributed by atoms with Gasteiger partial charge in [-0.2, -0.15) is 0 Å². The fourth-order valence-corrected chi connectivity index (χ4v) is 2.09. The van der Waals surface area contributed by atoms with Crippen molar-refractivity contribution in [3.05, 3.63) is 12.1 Å². The average molecular weight is 340 g/mol. The quantitative estimate of drug-likeness (QED) is 0.704. The monoisotopic (exact) mass is 340 g/mol. The van der Waals surface area contributed by atoms with Crippen LogP contribution in [-0.4, -0.2) is 46.5 Å². The molecule has 0 aliphatic heterocycles. The summed E-state index contributed by atoms with van der Waals surface area (Å²) in [5, 5.41) is 5.40. The third-order valence-electron chi connectivity index (χ3n) is 3.39. The number of esters is 1. The fourth-order valence-electron chi connectivity index (χ4n) is 2.09. The molecule has 0 fully saturated rings. The molecule has 0 aliphatic carbocycles. The van der Waals surface area contributed by atoms with Gasteiger partial charge >= 0.3 is 12.0 Å². The number of benzene rings is 1. The van der Waals surface area contributed by atoms with E-state index in [9.17, 15) is 9.59 Å². The van der Waals surface area contributed by atoms with Crippen molar-refractivity contribution in [1.29, 1.82) is 0 Å². The molecule has 0 radical (unpaired) electrons. The lowest BCUT2D eigenvalue weighted by molar-refractivity contribution is -0.141. The third kappa shape index (κ3) is 5.22. The Bertz CT molecular complexity index is 551. The van der Waals surface area contributed by atoms with Crippen LogP contribution in [-0.2, 0) is 9.53 Å². The van der Waals surface area contributed by atoms with Crippen LogP contribution < -0.4 is 24.8 Å². The Morgan fingerprint density at radius 2 is 1.62 bits per heavy atom. The molecular weight excluding hydrogens is 316 g/mol. The highest BCUT2D eigenvalue weighted by Crippen LogP contribution is 2.39. The number of amides is 2. The van der Waals surface area contributed by atoms with Gasteiger partial charge in [0.2, 0.25) is 5.75 Å². The van der Waals surface area contributed by atoms with Crippen molar-refractivity contribution in [3.63, 3.8) is 0 Å². The number of carbonyl (C=O) groups is 2. The summed E-state index contributed by atoms with van der Waals surface area (Å²) < 4.78 is 20.3. The van der Waals surface area contributed by atoms with E-state index in [1.54, 1.807) is 12.1 Å². The lowest BCUT2D eigenvalue weighted by atomic mass is 10.1. The summed E-state index contributed by atoms with van der Waals surface area (Å²) in [6.45, 7) is 1.87. The van der Waals surface area contributed by atoms with Gasteiger partial charge in [-0.1, -0.05) is 6.92 Å². The minimum atomic E-state index is -0.444. The molecule has 134 valence electrons. The topological polar surface area (TPSA) is 95.1 Å². The van der Waals surface area contributed by atoms with Crippen LogP contribution in [0.1, 0.15) is 19.8 Å². The number of anilines is 1. The van der Waals surface area contributed by atoms with Crippen molar-refractivity contribution in [2.45, 2.75) is 25.8 Å². The first kappa shape index (κ1) is 19.4. The molecule has 0 spiro atoms. The number of ether oxygens (including phenoxy) is 4. The zero-order valence-electron chi connectivity index (χ0n) is 14.6. The van der Waals surface area contributed by atoms with Gasteiger partial charge in [-0.3, -0.25) is 4.79 Å². The lowest BCUT2D eigenvalue weighted by Crippen LogP contribution is -2.39. The Labute approximate surface area is 141 Å². The number of rotatable bonds is 8. The van der Waals surface area contributed by atoms with Crippen LogP contribution in [0.4, 0.5) is 10.5 Å². The fraction of sp³-hybridized carbons (Fsp3) is 0.500. The van der Waals surface area contributed by atoms with E-state index in [0.29, 0.717) is 29.4 Å². The van der Waals surface area contributed by atoms with E-state index in [1.165, 1.54) is 28.4 Å². The normalized spacial score (nSPS) is 11.2. The van der Waals surface area contributed by atoms with Gasteiger partial charge in [-0.25, -0.2) is 4.79 Å². The van der Waals surface area contributed by atoms with Crippen LogP contribution in [0.15, 0.2) is 12.1 Å². The predicted octanol–water partition coefficient (Wildman–Crippen LogP) is 2.18. The first-order valence-electron chi connectivity index (χ1n) is 7.43. The highest BCUT2D eigenvalue weighted by molar-refractivity contribution is 5.90. The highest BCUT2D eigenvalue weighted by atomic mass is 16.5. The summed E-state index contributed by atoms with van der Waals surface area (Å²) in [5.41, 5.74) is 0.468. The third-order valence-corrected chi connectivity index (χ3v) is 3.39. The minimum absolute atomic E-state index is 0.107. The first-order chi connectivity index (χ1) is 11.5. The van der Waals surface area contributed by atoms with Gasteiger partial charge in [-0.15, -0.1) is 0 Å². The molecule has 1 atom stereocenters. The first-order valence-corrected chi connectivity index (χ1v) is 7.43. The molecule has 24 heavy (non-hydrogen) atoms. The molecule has 0 bridgehead atoms. The van der Waals surface area contributed by atoms with Crippen LogP contribution in [0.25, 0.3) is 0 Å². The van der Waals surface area contributed by atoms with Crippen molar-refractivity contribution >= 4 is 17.7 Å². The molecule has 8 nitrogen and oxygen atoms in total. The lowest BCUT2D eigenvalue weighted by Gasteiger charge is -2.18. The average Bonchev–Trinajstić information content (AvgIpc) is 2.59. The number of urea groups is 1. The van der Waals surface area contributed by atoms with Gasteiger partial charge in [0, 0.05) is 18.2 Å². The predicted molar refractivity (Wildman–Crippen MR) is 89.0 cm³/mol. The van der Waals surface area contributed by atoms with Gasteiger partial charge in [0.25, 0.3) is 0 Å². The molecule has 0 saturated heterocycles. The number of hydrogen-bond donors (Lipinski definition) is 2. The SMILES string of the molecule is CCC(CC(=O)OC)NC(=O)Nc1cc(OC)c(OC)c(OC)c1. The summed E-state index contributed by atoms with van der Waals surface area (Å²) >= 11 is 0. The van der Waals surface area contributed by atoms with Crippen LogP contribution in [0, 0.1) is 0 Å². The maximum Gasteiger partial charge on any atom is 0.319 e. The van der Waals surface area contributed by atoms with Crippen LogP contribution in [0.5, 0.6) is 17.2 Å². The maximum atomic E-state index is 12.1. The standard InChI is InChI=1S/C16H24N2O6/c1-6-10(9-14(19)23-4)17-16(20)18-11-7-12(21-2)15(24-5)13(8-11)22-3/h7-8,10H,6,9H2,1-5H3,(H2,17,18,20). The molecule has 0 aromatic heterocycles. The van der Waals surface area contributed by atoms with E-state index >= 15 is 0 Å². The summed E-state index contributed by atoms with van der Waals surface area (Å²) in [5.74, 6) is 0.903. The summed E-state index contributed by atoms with van der Waals surface area (Å²) in [7, 11) is 5.79. The molecule has 0 aliphatic rings. The van der Waals surface area contributed by atoms with E-state index in [-0.39, 0.29) is 18.4 Å². The van der Waals surface area contributed by atoms with Crippen LogP contribution >= 0.6 is 0 Å². The maximum absolute atomic E-state index is 12.1. The molecule has 1 rings (SSSR count). The highest BCUT2D eigenvalue weighted by Gasteiger charge is 2.17. The smallest absolute Gasteiger partial charge is 0.319 e. The Hall–Kier alpha value is -2.64. The summed E-state index contributed by atoms with van der Waals surface area (Å²) in [6, 6.07) is 2.46. The second-order valence-electron chi connectivity index (χ2n) is 4.90. The van der Waals surface area contributed by atoms with Crippen molar-refractivity contribution in [2.24, 2.45) is 0 Å². The van der Waals surface area contributed by atoms with Crippen molar-refractivity contribution in [2.75, 3.05) is 33.8 Å². The Morgan fingerprint density at radius 1 is 1.04 bits per heavy atom. The second kappa shape index (κ2) is 9.49. The molecule has 1 aromatic carbocycles. The summed E-state index contributed by atoms with van der Waals surface area (Å²) in [4.78, 5) is 23.4. The van der Waals surface area contributed by atoms with Gasteiger partial charge in [0.05, 0.1) is 40.5 Å². The van der Waals surface area contributed by atoms with Crippen molar-refractivity contribution in [1.82, 2.24) is 5.32 Å². The largest absolute Gasteiger partial charge is 0.493 e. The van der Waals surface area contributed by atoms with Crippen LogP contribution in [0.2, 0.25) is 0 Å². The van der Waals surface area contributed by atoms with E-state index < -0.39 is 6.03 Å². The molecule has 0 heterocycles. The number of carbonyl (C=O) groups excluding carboxylic acids is 2. The Balaban J connectivity index is 2.84. The Kier molecular flexibility index (Phi) is 7.67. The zero-order valence-corrected chi connectivity index (χ0v) is 14.6. The number of methoxy groups -OCH3 is 4. The molecule has 8 heteroatoms.